The minimum atomic E-state index is 0.257. The van der Waals surface area contributed by atoms with Crippen LogP contribution >= 0.6 is 0 Å². The molecule has 1 unspecified atom stereocenters. The second-order valence-corrected chi connectivity index (χ2v) is 3.25. The van der Waals surface area contributed by atoms with Gasteiger partial charge in [-0.15, -0.1) is 0 Å². The maximum absolute atomic E-state index is 5.78. The molecule has 1 rings (SSSR count). The second-order valence-electron chi connectivity index (χ2n) is 3.25. The summed E-state index contributed by atoms with van der Waals surface area (Å²) in [6, 6.07) is 0.743. The minimum Gasteiger partial charge on any atom is -0.379 e. The molecule has 1 saturated heterocycles. The summed E-state index contributed by atoms with van der Waals surface area (Å²) in [7, 11) is 0. The summed E-state index contributed by atoms with van der Waals surface area (Å²) in [5.74, 6) is 0. The highest BCUT2D eigenvalue weighted by Gasteiger charge is 2.19. The smallest absolute Gasteiger partial charge is 0.0594 e. The lowest BCUT2D eigenvalue weighted by Crippen LogP contribution is -2.49. The third-order valence-electron chi connectivity index (χ3n) is 2.38. The molecule has 0 spiro atoms. The highest BCUT2D eigenvalue weighted by Crippen LogP contribution is 2.05. The van der Waals surface area contributed by atoms with Gasteiger partial charge in [-0.1, -0.05) is 0 Å². The average Bonchev–Trinajstić information content (AvgIpc) is 2.05. The highest BCUT2D eigenvalue weighted by atomic mass is 16.5. The Balaban J connectivity index is 2.32. The zero-order valence-corrected chi connectivity index (χ0v) is 7.42. The molecule has 1 fully saturated rings. The molecule has 66 valence electrons. The van der Waals surface area contributed by atoms with E-state index < -0.39 is 0 Å². The average molecular weight is 158 g/mol. The van der Waals surface area contributed by atoms with Crippen molar-refractivity contribution in [3.05, 3.63) is 0 Å². The van der Waals surface area contributed by atoms with Gasteiger partial charge in [0.1, 0.15) is 0 Å². The molecular weight excluding hydrogens is 140 g/mol. The lowest BCUT2D eigenvalue weighted by molar-refractivity contribution is 0.0163. The van der Waals surface area contributed by atoms with Gasteiger partial charge in [-0.25, -0.2) is 0 Å². The molecule has 11 heavy (non-hydrogen) atoms. The topological polar surface area (TPSA) is 38.5 Å². The van der Waals surface area contributed by atoms with Crippen LogP contribution in [0, 0.1) is 0 Å². The first-order valence-electron chi connectivity index (χ1n) is 4.29. The van der Waals surface area contributed by atoms with Crippen molar-refractivity contribution in [1.29, 1.82) is 0 Å². The maximum Gasteiger partial charge on any atom is 0.0594 e. The summed E-state index contributed by atoms with van der Waals surface area (Å²) < 4.78 is 5.25. The van der Waals surface area contributed by atoms with E-state index >= 15 is 0 Å². The zero-order chi connectivity index (χ0) is 8.27. The Morgan fingerprint density at radius 1 is 1.27 bits per heavy atom. The van der Waals surface area contributed by atoms with E-state index in [9.17, 15) is 0 Å². The van der Waals surface area contributed by atoms with Crippen LogP contribution < -0.4 is 5.73 Å². The number of nitrogens with zero attached hydrogens (tertiary/aromatic N) is 1. The van der Waals surface area contributed by atoms with Gasteiger partial charge < -0.3 is 10.5 Å². The van der Waals surface area contributed by atoms with Gasteiger partial charge in [0.25, 0.3) is 0 Å². The number of nitrogens with two attached hydrogens (primary N) is 1. The van der Waals surface area contributed by atoms with Gasteiger partial charge in [-0.3, -0.25) is 4.90 Å². The fraction of sp³-hybridized carbons (Fsp3) is 1.00. The first-order valence-corrected chi connectivity index (χ1v) is 4.29. The molecule has 0 amide bonds. The van der Waals surface area contributed by atoms with Crippen molar-refractivity contribution in [2.75, 3.05) is 26.3 Å². The number of morpholine rings is 1. The lowest BCUT2D eigenvalue weighted by Gasteiger charge is -2.34. The highest BCUT2D eigenvalue weighted by molar-refractivity contribution is 4.76. The van der Waals surface area contributed by atoms with E-state index in [4.69, 9.17) is 10.5 Å². The van der Waals surface area contributed by atoms with Gasteiger partial charge >= 0.3 is 0 Å². The van der Waals surface area contributed by atoms with Crippen LogP contribution in [0.2, 0.25) is 0 Å². The van der Waals surface area contributed by atoms with Crippen LogP contribution in [0.25, 0.3) is 0 Å². The van der Waals surface area contributed by atoms with E-state index in [1.165, 1.54) is 0 Å². The quantitative estimate of drug-likeness (QED) is 0.617. The third-order valence-corrected chi connectivity index (χ3v) is 2.38. The first kappa shape index (κ1) is 8.97. The van der Waals surface area contributed by atoms with Gasteiger partial charge in [0.05, 0.1) is 13.2 Å². The zero-order valence-electron chi connectivity index (χ0n) is 7.42. The molecule has 0 radical (unpaired) electrons. The Bertz CT molecular complexity index is 111. The van der Waals surface area contributed by atoms with Crippen molar-refractivity contribution >= 4 is 0 Å². The van der Waals surface area contributed by atoms with Crippen LogP contribution in [0.3, 0.4) is 0 Å². The van der Waals surface area contributed by atoms with E-state index in [1.807, 2.05) is 0 Å². The van der Waals surface area contributed by atoms with Crippen molar-refractivity contribution < 1.29 is 4.74 Å². The lowest BCUT2D eigenvalue weighted by atomic mass is 10.1. The second kappa shape index (κ2) is 4.04. The number of hydrogen-bond acceptors (Lipinski definition) is 3. The maximum atomic E-state index is 5.78. The van der Waals surface area contributed by atoms with Crippen molar-refractivity contribution in [3.8, 4) is 0 Å². The van der Waals surface area contributed by atoms with E-state index in [-0.39, 0.29) is 6.04 Å². The molecule has 0 bridgehead atoms. The third kappa shape index (κ3) is 2.43. The molecule has 2 N–H and O–H groups in total. The van der Waals surface area contributed by atoms with E-state index in [0.29, 0.717) is 6.04 Å². The summed E-state index contributed by atoms with van der Waals surface area (Å²) in [4.78, 5) is 2.38. The SMILES string of the molecule is CC([C@@H](C)N)N1CCOCC1. The standard InChI is InChI=1S/C8H18N2O/c1-7(9)8(2)10-3-5-11-6-4-10/h7-8H,3-6,9H2,1-2H3/t7-,8?/m1/s1. The summed E-state index contributed by atoms with van der Waals surface area (Å²) in [6.07, 6.45) is 0. The molecule has 0 aliphatic carbocycles. The van der Waals surface area contributed by atoms with Crippen molar-refractivity contribution in [1.82, 2.24) is 4.90 Å². The molecule has 2 atom stereocenters. The molecule has 3 heteroatoms. The van der Waals surface area contributed by atoms with E-state index in [1.54, 1.807) is 0 Å². The molecule has 3 nitrogen and oxygen atoms in total. The van der Waals surface area contributed by atoms with Gasteiger partial charge in [0, 0.05) is 25.2 Å². The van der Waals surface area contributed by atoms with Crippen LogP contribution in [-0.4, -0.2) is 43.3 Å². The summed E-state index contributed by atoms with van der Waals surface area (Å²) >= 11 is 0. The summed E-state index contributed by atoms with van der Waals surface area (Å²) in [5.41, 5.74) is 5.78. The van der Waals surface area contributed by atoms with Crippen molar-refractivity contribution in [2.45, 2.75) is 25.9 Å². The Morgan fingerprint density at radius 2 is 1.82 bits per heavy atom. The fourth-order valence-electron chi connectivity index (χ4n) is 1.32. The monoisotopic (exact) mass is 158 g/mol. The van der Waals surface area contributed by atoms with Crippen LogP contribution in [-0.2, 0) is 4.74 Å². The number of hydrogen-bond donors (Lipinski definition) is 1. The van der Waals surface area contributed by atoms with Crippen LogP contribution in [0.15, 0.2) is 0 Å². The molecule has 0 aromatic carbocycles. The van der Waals surface area contributed by atoms with Crippen LogP contribution in [0.5, 0.6) is 0 Å². The predicted octanol–water partition coefficient (Wildman–Crippen LogP) is 0.0543. The molecule has 1 aliphatic heterocycles. The molecule has 1 aliphatic rings. The predicted molar refractivity (Wildman–Crippen MR) is 45.5 cm³/mol. The Labute approximate surface area is 68.5 Å². The van der Waals surface area contributed by atoms with Gasteiger partial charge in [-0.2, -0.15) is 0 Å². The Kier molecular flexibility index (Phi) is 3.30. The molecule has 0 aromatic rings. The van der Waals surface area contributed by atoms with Gasteiger partial charge in [0.15, 0.2) is 0 Å². The van der Waals surface area contributed by atoms with E-state index in [0.717, 1.165) is 26.3 Å². The summed E-state index contributed by atoms with van der Waals surface area (Å²) in [5, 5.41) is 0. The van der Waals surface area contributed by atoms with Crippen molar-refractivity contribution in [2.24, 2.45) is 5.73 Å². The van der Waals surface area contributed by atoms with E-state index in [2.05, 4.69) is 18.7 Å². The molecular formula is C8H18N2O. The van der Waals surface area contributed by atoms with Crippen LogP contribution in [0.1, 0.15) is 13.8 Å². The van der Waals surface area contributed by atoms with Gasteiger partial charge in [0.2, 0.25) is 0 Å². The van der Waals surface area contributed by atoms with Crippen molar-refractivity contribution in [3.63, 3.8) is 0 Å². The van der Waals surface area contributed by atoms with Gasteiger partial charge in [-0.05, 0) is 13.8 Å². The summed E-state index contributed by atoms with van der Waals surface area (Å²) in [6.45, 7) is 8.01. The minimum absolute atomic E-state index is 0.257. The number of ether oxygens (including phenoxy) is 1. The normalized spacial score (nSPS) is 26.5. The molecule has 0 saturated carbocycles. The largest absolute Gasteiger partial charge is 0.379 e. The van der Waals surface area contributed by atoms with Crippen LogP contribution in [0.4, 0.5) is 0 Å². The first-order chi connectivity index (χ1) is 5.22. The molecule has 0 aromatic heterocycles. The number of rotatable bonds is 2. The Morgan fingerprint density at radius 3 is 2.27 bits per heavy atom. The molecule has 1 heterocycles. The Hall–Kier alpha value is -0.120. The fourth-order valence-corrected chi connectivity index (χ4v) is 1.32.